The maximum Gasteiger partial charge on any atom is 0.306 e. The van der Waals surface area contributed by atoms with Crippen molar-refractivity contribution in [3.05, 3.63) is 34.9 Å². The predicted octanol–water partition coefficient (Wildman–Crippen LogP) is 6.90. The fourth-order valence-electron chi connectivity index (χ4n) is 5.71. The predicted molar refractivity (Wildman–Crippen MR) is 139 cm³/mol. The second-order valence-electron chi connectivity index (χ2n) is 10.3. The van der Waals surface area contributed by atoms with Gasteiger partial charge in [-0.25, -0.2) is 0 Å². The Morgan fingerprint density at radius 2 is 2.11 bits per heavy atom. The molecule has 0 aromatic heterocycles. The normalized spacial score (nSPS) is 29.8. The molecule has 6 atom stereocenters. The molecular weight excluding hydrogens is 464 g/mol. The lowest BCUT2D eigenvalue weighted by Crippen LogP contribution is -2.31. The highest BCUT2D eigenvalue weighted by Gasteiger charge is 2.46. The van der Waals surface area contributed by atoms with Crippen molar-refractivity contribution >= 4 is 23.4 Å². The van der Waals surface area contributed by atoms with Crippen molar-refractivity contribution in [3.63, 3.8) is 0 Å². The van der Waals surface area contributed by atoms with Gasteiger partial charge >= 0.3 is 5.97 Å². The lowest BCUT2D eigenvalue weighted by Gasteiger charge is -2.29. The Hall–Kier alpha value is -1.43. The van der Waals surface area contributed by atoms with E-state index in [-0.39, 0.29) is 30.1 Å². The molecule has 0 radical (unpaired) electrons. The first-order chi connectivity index (χ1) is 16.9. The van der Waals surface area contributed by atoms with Crippen LogP contribution in [0.1, 0.15) is 85.0 Å². The number of hydrogen-bond acceptors (Lipinski definition) is 5. The monoisotopic (exact) mass is 506 g/mol. The van der Waals surface area contributed by atoms with Gasteiger partial charge in [-0.15, -0.1) is 0 Å². The first kappa shape index (κ1) is 28.1. The van der Waals surface area contributed by atoms with Gasteiger partial charge in [0.2, 0.25) is 0 Å². The number of halogens is 1. The highest BCUT2D eigenvalue weighted by atomic mass is 35.5. The van der Waals surface area contributed by atoms with E-state index in [2.05, 4.69) is 32.1 Å². The van der Waals surface area contributed by atoms with Crippen LogP contribution in [-0.2, 0) is 23.8 Å². The number of rotatable bonds is 13. The summed E-state index contributed by atoms with van der Waals surface area (Å²) in [6, 6.07) is 0. The SMILES string of the molecule is CCCC(C)CC(=O)C(Cl)=CC1C(OC2CCCCO2)CC2C=C(C=CCCC(=O)OCC)CC21. The van der Waals surface area contributed by atoms with E-state index in [9.17, 15) is 9.59 Å². The van der Waals surface area contributed by atoms with E-state index in [4.69, 9.17) is 25.8 Å². The number of carbonyl (C=O) groups is 2. The molecule has 1 saturated carbocycles. The van der Waals surface area contributed by atoms with Crippen LogP contribution in [0.25, 0.3) is 0 Å². The van der Waals surface area contributed by atoms with Gasteiger partial charge in [-0.1, -0.05) is 68.2 Å². The molecule has 1 heterocycles. The molecule has 6 unspecified atom stereocenters. The molecule has 2 aliphatic carbocycles. The summed E-state index contributed by atoms with van der Waals surface area (Å²) in [6.45, 7) is 7.25. The van der Waals surface area contributed by atoms with E-state index in [1.165, 1.54) is 5.57 Å². The van der Waals surface area contributed by atoms with Crippen molar-refractivity contribution in [1.82, 2.24) is 0 Å². The third kappa shape index (κ3) is 8.58. The van der Waals surface area contributed by atoms with Gasteiger partial charge in [0.15, 0.2) is 12.1 Å². The lowest BCUT2D eigenvalue weighted by atomic mass is 9.88. The Bertz CT molecular complexity index is 795. The summed E-state index contributed by atoms with van der Waals surface area (Å²) in [7, 11) is 0. The summed E-state index contributed by atoms with van der Waals surface area (Å²) >= 11 is 6.60. The molecule has 3 rings (SSSR count). The molecule has 0 N–H and O–H groups in total. The molecule has 0 amide bonds. The van der Waals surface area contributed by atoms with Gasteiger partial charge in [0.05, 0.1) is 17.7 Å². The van der Waals surface area contributed by atoms with Crippen LogP contribution in [0.15, 0.2) is 34.9 Å². The minimum atomic E-state index is -0.159. The van der Waals surface area contributed by atoms with Crippen molar-refractivity contribution in [2.75, 3.05) is 13.2 Å². The summed E-state index contributed by atoms with van der Waals surface area (Å²) in [6.07, 6.45) is 17.0. The Labute approximate surface area is 216 Å². The van der Waals surface area contributed by atoms with E-state index in [0.717, 1.165) is 51.6 Å². The number of ketones is 1. The Morgan fingerprint density at radius 3 is 2.83 bits per heavy atom. The van der Waals surface area contributed by atoms with Gasteiger partial charge in [-0.3, -0.25) is 9.59 Å². The van der Waals surface area contributed by atoms with Crippen molar-refractivity contribution in [2.45, 2.75) is 97.4 Å². The summed E-state index contributed by atoms with van der Waals surface area (Å²) in [5.74, 6) is 1.07. The maximum atomic E-state index is 12.8. The second kappa shape index (κ2) is 14.3. The minimum Gasteiger partial charge on any atom is -0.466 e. The summed E-state index contributed by atoms with van der Waals surface area (Å²) in [5.41, 5.74) is 1.29. The Balaban J connectivity index is 1.66. The third-order valence-corrected chi connectivity index (χ3v) is 7.75. The van der Waals surface area contributed by atoms with Gasteiger partial charge in [-0.05, 0) is 63.2 Å². The van der Waals surface area contributed by atoms with Crippen molar-refractivity contribution in [3.8, 4) is 0 Å². The second-order valence-corrected chi connectivity index (χ2v) is 10.7. The molecule has 5 nitrogen and oxygen atoms in total. The molecule has 0 aromatic carbocycles. The van der Waals surface area contributed by atoms with Crippen LogP contribution in [0.2, 0.25) is 0 Å². The zero-order valence-corrected chi connectivity index (χ0v) is 22.4. The van der Waals surface area contributed by atoms with Crippen LogP contribution in [0.3, 0.4) is 0 Å². The van der Waals surface area contributed by atoms with E-state index >= 15 is 0 Å². The van der Waals surface area contributed by atoms with Gasteiger partial charge in [-0.2, -0.15) is 0 Å². The van der Waals surface area contributed by atoms with Crippen LogP contribution >= 0.6 is 11.6 Å². The zero-order valence-electron chi connectivity index (χ0n) is 21.7. The molecule has 196 valence electrons. The topological polar surface area (TPSA) is 61.8 Å². The smallest absolute Gasteiger partial charge is 0.306 e. The fraction of sp³-hybridized carbons (Fsp3) is 0.724. The Kier molecular flexibility index (Phi) is 11.5. The summed E-state index contributed by atoms with van der Waals surface area (Å²) in [4.78, 5) is 24.4. The number of allylic oxidation sites excluding steroid dienone is 5. The molecule has 1 saturated heterocycles. The lowest BCUT2D eigenvalue weighted by molar-refractivity contribution is -0.192. The van der Waals surface area contributed by atoms with Crippen LogP contribution < -0.4 is 0 Å². The molecule has 2 fully saturated rings. The van der Waals surface area contributed by atoms with Gasteiger partial charge in [0.25, 0.3) is 0 Å². The van der Waals surface area contributed by atoms with Crippen LogP contribution in [0, 0.1) is 23.7 Å². The van der Waals surface area contributed by atoms with E-state index < -0.39 is 0 Å². The zero-order chi connectivity index (χ0) is 25.2. The number of hydrogen-bond donors (Lipinski definition) is 0. The van der Waals surface area contributed by atoms with E-state index in [1.54, 1.807) is 0 Å². The molecule has 3 aliphatic rings. The number of carbonyl (C=O) groups excluding carboxylic acids is 2. The number of esters is 1. The molecule has 6 heteroatoms. The fourth-order valence-corrected chi connectivity index (χ4v) is 5.93. The molecule has 35 heavy (non-hydrogen) atoms. The van der Waals surface area contributed by atoms with E-state index in [1.807, 2.05) is 13.0 Å². The van der Waals surface area contributed by atoms with Gasteiger partial charge < -0.3 is 14.2 Å². The average Bonchev–Trinajstić information content (AvgIpc) is 3.35. The maximum absolute atomic E-state index is 12.8. The van der Waals surface area contributed by atoms with Crippen molar-refractivity contribution < 1.29 is 23.8 Å². The average molecular weight is 507 g/mol. The van der Waals surface area contributed by atoms with Crippen LogP contribution in [0.4, 0.5) is 0 Å². The largest absolute Gasteiger partial charge is 0.466 e. The highest BCUT2D eigenvalue weighted by molar-refractivity contribution is 6.42. The molecule has 0 bridgehead atoms. The molecule has 1 aliphatic heterocycles. The number of ether oxygens (including phenoxy) is 3. The summed E-state index contributed by atoms with van der Waals surface area (Å²) < 4.78 is 17.3. The summed E-state index contributed by atoms with van der Waals surface area (Å²) in [5, 5.41) is 0.357. The van der Waals surface area contributed by atoms with Crippen molar-refractivity contribution in [2.24, 2.45) is 23.7 Å². The first-order valence-corrected chi connectivity index (χ1v) is 14.0. The van der Waals surface area contributed by atoms with Crippen molar-refractivity contribution in [1.29, 1.82) is 0 Å². The standard InChI is InChI=1S/C29H43ClO5/c1-4-10-20(3)15-26(31)25(30)19-24-23-17-21(11-6-7-12-28(32)33-5-2)16-22(23)18-27(24)35-29-13-8-9-14-34-29/h6,11,16,19-20,22-24,27,29H,4-5,7-10,12-15,17-18H2,1-3H3. The quantitative estimate of drug-likeness (QED) is 0.201. The third-order valence-electron chi connectivity index (χ3n) is 7.42. The van der Waals surface area contributed by atoms with Crippen LogP contribution in [-0.4, -0.2) is 37.4 Å². The number of Topliss-reactive ketones (excluding diaryl/α,β-unsaturated/α-hetero) is 1. The van der Waals surface area contributed by atoms with E-state index in [0.29, 0.717) is 48.7 Å². The van der Waals surface area contributed by atoms with Gasteiger partial charge in [0, 0.05) is 25.4 Å². The highest BCUT2D eigenvalue weighted by Crippen LogP contribution is 2.49. The molecule has 0 aromatic rings. The Morgan fingerprint density at radius 1 is 1.29 bits per heavy atom. The first-order valence-electron chi connectivity index (χ1n) is 13.6. The molecular formula is C29H43ClO5. The van der Waals surface area contributed by atoms with Crippen LogP contribution in [0.5, 0.6) is 0 Å². The molecule has 0 spiro atoms. The minimum absolute atomic E-state index is 0.00769. The van der Waals surface area contributed by atoms with Gasteiger partial charge in [0.1, 0.15) is 0 Å². The number of fused-ring (bicyclic) bond motifs is 1.